The minimum Gasteiger partial charge on any atom is -0.343 e. The molecule has 2 fully saturated rings. The fourth-order valence-corrected chi connectivity index (χ4v) is 5.00. The molecular formula is C24H32N2O3. The van der Waals surface area contributed by atoms with Crippen LogP contribution in [0, 0.1) is 5.92 Å². The van der Waals surface area contributed by atoms with Gasteiger partial charge >= 0.3 is 0 Å². The van der Waals surface area contributed by atoms with Gasteiger partial charge in [-0.25, -0.2) is 0 Å². The molecule has 0 unspecified atom stereocenters. The van der Waals surface area contributed by atoms with Crippen LogP contribution in [0.15, 0.2) is 18.2 Å². The van der Waals surface area contributed by atoms with Crippen molar-refractivity contribution in [3.63, 3.8) is 0 Å². The van der Waals surface area contributed by atoms with Crippen LogP contribution in [0.1, 0.15) is 72.9 Å². The molecule has 2 saturated heterocycles. The van der Waals surface area contributed by atoms with E-state index >= 15 is 0 Å². The number of hydrogen-bond acceptors (Lipinski definition) is 3. The first kappa shape index (κ1) is 20.1. The Morgan fingerprint density at radius 2 is 1.48 bits per heavy atom. The predicted octanol–water partition coefficient (Wildman–Crippen LogP) is 3.39. The molecule has 2 aliphatic heterocycles. The van der Waals surface area contributed by atoms with E-state index in [0.717, 1.165) is 57.2 Å². The number of Topliss-reactive ketones (excluding diaryl/α,β-unsaturated/α-hetero) is 1. The number of hydrogen-bond donors (Lipinski definition) is 0. The van der Waals surface area contributed by atoms with E-state index in [9.17, 15) is 14.4 Å². The molecule has 156 valence electrons. The number of aryl methyl sites for hydroxylation is 2. The van der Waals surface area contributed by atoms with Gasteiger partial charge in [-0.15, -0.1) is 0 Å². The van der Waals surface area contributed by atoms with Gasteiger partial charge in [0.1, 0.15) is 0 Å². The molecular weight excluding hydrogens is 364 g/mol. The largest absolute Gasteiger partial charge is 0.343 e. The summed E-state index contributed by atoms with van der Waals surface area (Å²) in [5, 5.41) is 0. The quantitative estimate of drug-likeness (QED) is 0.717. The van der Waals surface area contributed by atoms with Crippen LogP contribution in [-0.2, 0) is 22.4 Å². The van der Waals surface area contributed by atoms with Crippen LogP contribution < -0.4 is 0 Å². The van der Waals surface area contributed by atoms with Gasteiger partial charge in [0.15, 0.2) is 5.78 Å². The molecule has 2 amide bonds. The van der Waals surface area contributed by atoms with Crippen LogP contribution in [0.3, 0.4) is 0 Å². The van der Waals surface area contributed by atoms with Crippen LogP contribution in [-0.4, -0.2) is 53.6 Å². The summed E-state index contributed by atoms with van der Waals surface area (Å²) in [7, 11) is 0. The molecule has 1 aromatic rings. The van der Waals surface area contributed by atoms with Crippen molar-refractivity contribution in [3.8, 4) is 0 Å². The number of nitrogens with zero attached hydrogens (tertiary/aromatic N) is 2. The Morgan fingerprint density at radius 1 is 0.793 bits per heavy atom. The van der Waals surface area contributed by atoms with E-state index in [-0.39, 0.29) is 36.4 Å². The number of fused-ring (bicyclic) bond motifs is 1. The molecule has 0 N–H and O–H groups in total. The first-order valence-corrected chi connectivity index (χ1v) is 11.3. The molecule has 5 nitrogen and oxygen atoms in total. The highest BCUT2D eigenvalue weighted by Crippen LogP contribution is 2.24. The molecule has 0 spiro atoms. The van der Waals surface area contributed by atoms with E-state index in [0.29, 0.717) is 13.1 Å². The number of carbonyl (C=O) groups is 3. The molecule has 2 heterocycles. The van der Waals surface area contributed by atoms with Crippen molar-refractivity contribution in [3.05, 3.63) is 34.9 Å². The third-order valence-electron chi connectivity index (χ3n) is 6.85. The third kappa shape index (κ3) is 4.71. The zero-order valence-electron chi connectivity index (χ0n) is 17.3. The average Bonchev–Trinajstić information content (AvgIpc) is 3.31. The summed E-state index contributed by atoms with van der Waals surface area (Å²) < 4.78 is 0. The number of likely N-dealkylation sites (tertiary alicyclic amines) is 2. The van der Waals surface area contributed by atoms with Crippen molar-refractivity contribution in [1.29, 1.82) is 0 Å². The van der Waals surface area contributed by atoms with Crippen molar-refractivity contribution in [2.45, 2.75) is 64.2 Å². The lowest BCUT2D eigenvalue weighted by Crippen LogP contribution is -2.43. The lowest BCUT2D eigenvalue weighted by molar-refractivity contribution is -0.140. The summed E-state index contributed by atoms with van der Waals surface area (Å²) >= 11 is 0. The van der Waals surface area contributed by atoms with E-state index < -0.39 is 0 Å². The van der Waals surface area contributed by atoms with E-state index in [1.807, 2.05) is 21.9 Å². The molecule has 0 aromatic heterocycles. The topological polar surface area (TPSA) is 57.7 Å². The first-order chi connectivity index (χ1) is 14.1. The highest BCUT2D eigenvalue weighted by atomic mass is 16.2. The van der Waals surface area contributed by atoms with E-state index in [2.05, 4.69) is 6.07 Å². The molecule has 29 heavy (non-hydrogen) atoms. The fraction of sp³-hybridized carbons (Fsp3) is 0.625. The van der Waals surface area contributed by atoms with Gasteiger partial charge in [-0.2, -0.15) is 0 Å². The highest BCUT2D eigenvalue weighted by molar-refractivity contribution is 5.98. The zero-order chi connectivity index (χ0) is 20.2. The van der Waals surface area contributed by atoms with Gasteiger partial charge in [-0.05, 0) is 68.6 Å². The van der Waals surface area contributed by atoms with Gasteiger partial charge in [0.25, 0.3) is 0 Å². The molecule has 4 rings (SSSR count). The van der Waals surface area contributed by atoms with E-state index in [1.165, 1.54) is 24.0 Å². The highest BCUT2D eigenvalue weighted by Gasteiger charge is 2.31. The molecule has 1 aromatic carbocycles. The van der Waals surface area contributed by atoms with Crippen LogP contribution in [0.4, 0.5) is 0 Å². The molecule has 0 bridgehead atoms. The van der Waals surface area contributed by atoms with Crippen molar-refractivity contribution >= 4 is 17.6 Å². The maximum absolute atomic E-state index is 12.6. The second-order valence-corrected chi connectivity index (χ2v) is 8.80. The second-order valence-electron chi connectivity index (χ2n) is 8.80. The fourth-order valence-electron chi connectivity index (χ4n) is 5.00. The Bertz CT molecular complexity index is 774. The molecule has 0 saturated carbocycles. The summed E-state index contributed by atoms with van der Waals surface area (Å²) in [5.74, 6) is 0.445. The number of amides is 2. The Labute approximate surface area is 173 Å². The van der Waals surface area contributed by atoms with E-state index in [1.54, 1.807) is 0 Å². The minimum absolute atomic E-state index is 0.0448. The lowest BCUT2D eigenvalue weighted by Gasteiger charge is -2.33. The van der Waals surface area contributed by atoms with Gasteiger partial charge in [0.05, 0.1) is 0 Å². The molecule has 3 aliphatic rings. The SMILES string of the molecule is O=C(CCC(=O)N1CCC(C(=O)N2CCCC2)CC1)c1ccc2c(c1)CCCC2. The molecule has 0 radical (unpaired) electrons. The predicted molar refractivity (Wildman–Crippen MR) is 112 cm³/mol. The summed E-state index contributed by atoms with van der Waals surface area (Å²) in [6, 6.07) is 6.05. The molecule has 0 atom stereocenters. The Kier molecular flexibility index (Phi) is 6.31. The van der Waals surface area contributed by atoms with Crippen molar-refractivity contribution in [1.82, 2.24) is 9.80 Å². The number of carbonyl (C=O) groups excluding carboxylic acids is 3. The Hall–Kier alpha value is -2.17. The monoisotopic (exact) mass is 396 g/mol. The maximum atomic E-state index is 12.6. The second kappa shape index (κ2) is 9.10. The number of benzene rings is 1. The molecule has 5 heteroatoms. The van der Waals surface area contributed by atoms with Crippen LogP contribution in [0.25, 0.3) is 0 Å². The lowest BCUT2D eigenvalue weighted by atomic mass is 9.89. The normalized spacial score (nSPS) is 19.9. The third-order valence-corrected chi connectivity index (χ3v) is 6.85. The van der Waals surface area contributed by atoms with Gasteiger partial charge in [0.2, 0.25) is 11.8 Å². The van der Waals surface area contributed by atoms with Crippen LogP contribution in [0.5, 0.6) is 0 Å². The Morgan fingerprint density at radius 3 is 2.21 bits per heavy atom. The van der Waals surface area contributed by atoms with Gasteiger partial charge in [-0.1, -0.05) is 12.1 Å². The number of ketones is 1. The first-order valence-electron chi connectivity index (χ1n) is 11.3. The summed E-state index contributed by atoms with van der Waals surface area (Å²) in [6.07, 6.45) is 8.85. The summed E-state index contributed by atoms with van der Waals surface area (Å²) in [4.78, 5) is 41.5. The van der Waals surface area contributed by atoms with Crippen molar-refractivity contribution < 1.29 is 14.4 Å². The summed E-state index contributed by atoms with van der Waals surface area (Å²) in [6.45, 7) is 3.05. The van der Waals surface area contributed by atoms with E-state index in [4.69, 9.17) is 0 Å². The smallest absolute Gasteiger partial charge is 0.225 e. The minimum atomic E-state index is 0.0448. The van der Waals surface area contributed by atoms with Crippen molar-refractivity contribution in [2.24, 2.45) is 5.92 Å². The average molecular weight is 397 g/mol. The van der Waals surface area contributed by atoms with Crippen LogP contribution >= 0.6 is 0 Å². The summed E-state index contributed by atoms with van der Waals surface area (Å²) in [5.41, 5.74) is 3.42. The molecule has 1 aliphatic carbocycles. The number of piperidine rings is 1. The van der Waals surface area contributed by atoms with Crippen molar-refractivity contribution in [2.75, 3.05) is 26.2 Å². The zero-order valence-corrected chi connectivity index (χ0v) is 17.3. The van der Waals surface area contributed by atoms with Gasteiger partial charge in [0, 0.05) is 50.5 Å². The number of rotatable bonds is 5. The van der Waals surface area contributed by atoms with Crippen LogP contribution in [0.2, 0.25) is 0 Å². The maximum Gasteiger partial charge on any atom is 0.225 e. The van der Waals surface area contributed by atoms with Gasteiger partial charge < -0.3 is 9.80 Å². The van der Waals surface area contributed by atoms with Gasteiger partial charge in [-0.3, -0.25) is 14.4 Å². The Balaban J connectivity index is 1.24. The standard InChI is InChI=1S/C24H32N2O3/c27-22(21-8-7-18-5-1-2-6-20(18)17-21)9-10-23(28)25-15-11-19(12-16-25)24(29)26-13-3-4-14-26/h7-8,17,19H,1-6,9-16H2.